The number of aryl methyl sites for hydroxylation is 1. The molecule has 3 N–H and O–H groups in total. The van der Waals surface area contributed by atoms with Crippen molar-refractivity contribution in [3.8, 4) is 0 Å². The van der Waals surface area contributed by atoms with E-state index >= 15 is 0 Å². The second-order valence-electron chi connectivity index (χ2n) is 2.91. The SMILES string of the molecule is CCOC(=O)NC(=S)Nc1n[nH]cc1CC. The summed E-state index contributed by atoms with van der Waals surface area (Å²) in [6, 6.07) is 0. The molecule has 0 bridgehead atoms. The first-order chi connectivity index (χ1) is 7.67. The van der Waals surface area contributed by atoms with E-state index in [1.165, 1.54) is 0 Å². The zero-order chi connectivity index (χ0) is 12.0. The van der Waals surface area contributed by atoms with Gasteiger partial charge in [-0.25, -0.2) is 4.79 Å². The first-order valence-electron chi connectivity index (χ1n) is 4.94. The molecule has 0 radical (unpaired) electrons. The summed E-state index contributed by atoms with van der Waals surface area (Å²) in [6.07, 6.45) is 2.02. The highest BCUT2D eigenvalue weighted by atomic mass is 32.1. The highest BCUT2D eigenvalue weighted by molar-refractivity contribution is 7.80. The van der Waals surface area contributed by atoms with Crippen LogP contribution in [0.4, 0.5) is 10.6 Å². The Bertz CT molecular complexity index is 377. The van der Waals surface area contributed by atoms with Crippen LogP contribution in [0.25, 0.3) is 0 Å². The fourth-order valence-corrected chi connectivity index (χ4v) is 1.27. The fourth-order valence-electron chi connectivity index (χ4n) is 1.09. The van der Waals surface area contributed by atoms with Crippen LogP contribution in [0.15, 0.2) is 6.20 Å². The summed E-state index contributed by atoms with van der Waals surface area (Å²) in [5.41, 5.74) is 0.994. The summed E-state index contributed by atoms with van der Waals surface area (Å²) in [5.74, 6) is 0.615. The predicted octanol–water partition coefficient (Wildman–Crippen LogP) is 1.42. The third-order valence-electron chi connectivity index (χ3n) is 1.82. The van der Waals surface area contributed by atoms with E-state index in [1.807, 2.05) is 6.92 Å². The lowest BCUT2D eigenvalue weighted by atomic mass is 10.2. The van der Waals surface area contributed by atoms with Crippen LogP contribution in [0.2, 0.25) is 0 Å². The average molecular weight is 242 g/mol. The second-order valence-corrected chi connectivity index (χ2v) is 3.32. The minimum absolute atomic E-state index is 0.167. The lowest BCUT2D eigenvalue weighted by molar-refractivity contribution is 0.158. The molecular formula is C9H14N4O2S. The summed E-state index contributed by atoms with van der Waals surface area (Å²) >= 11 is 4.92. The lowest BCUT2D eigenvalue weighted by Crippen LogP contribution is -2.34. The zero-order valence-corrected chi connectivity index (χ0v) is 9.98. The highest BCUT2D eigenvalue weighted by Gasteiger charge is 2.08. The van der Waals surface area contributed by atoms with E-state index in [0.29, 0.717) is 12.4 Å². The van der Waals surface area contributed by atoms with Crippen molar-refractivity contribution in [1.82, 2.24) is 15.5 Å². The molecule has 0 aliphatic rings. The predicted molar refractivity (Wildman–Crippen MR) is 64.3 cm³/mol. The molecule has 0 atom stereocenters. The van der Waals surface area contributed by atoms with E-state index in [2.05, 4.69) is 25.6 Å². The molecule has 0 saturated heterocycles. The van der Waals surface area contributed by atoms with Gasteiger partial charge in [0.2, 0.25) is 0 Å². The lowest BCUT2D eigenvalue weighted by Gasteiger charge is -2.07. The Hall–Kier alpha value is -1.63. The number of nitrogens with one attached hydrogen (secondary N) is 3. The maximum atomic E-state index is 11.0. The van der Waals surface area contributed by atoms with E-state index in [-0.39, 0.29) is 5.11 Å². The molecule has 0 spiro atoms. The molecule has 88 valence electrons. The van der Waals surface area contributed by atoms with Crippen molar-refractivity contribution in [3.63, 3.8) is 0 Å². The molecule has 0 aliphatic heterocycles. The Balaban J connectivity index is 2.48. The summed E-state index contributed by atoms with van der Waals surface area (Å²) in [5, 5.41) is 12.0. The first-order valence-corrected chi connectivity index (χ1v) is 5.35. The Morgan fingerprint density at radius 1 is 1.62 bits per heavy atom. The van der Waals surface area contributed by atoms with E-state index in [0.717, 1.165) is 12.0 Å². The number of H-pyrrole nitrogens is 1. The number of carbonyl (C=O) groups excluding carboxylic acids is 1. The third-order valence-corrected chi connectivity index (χ3v) is 2.03. The van der Waals surface area contributed by atoms with Crippen LogP contribution in [0.5, 0.6) is 0 Å². The van der Waals surface area contributed by atoms with Crippen molar-refractivity contribution in [2.24, 2.45) is 0 Å². The Kier molecular flexibility index (Phi) is 4.71. The summed E-state index contributed by atoms with van der Waals surface area (Å²) < 4.78 is 4.68. The Morgan fingerprint density at radius 2 is 2.38 bits per heavy atom. The van der Waals surface area contributed by atoms with Gasteiger partial charge >= 0.3 is 6.09 Å². The maximum absolute atomic E-state index is 11.0. The molecule has 16 heavy (non-hydrogen) atoms. The summed E-state index contributed by atoms with van der Waals surface area (Å²) in [4.78, 5) is 11.0. The van der Waals surface area contributed by atoms with Crippen LogP contribution < -0.4 is 10.6 Å². The van der Waals surface area contributed by atoms with Gasteiger partial charge in [0.15, 0.2) is 10.9 Å². The number of alkyl carbamates (subject to hydrolysis) is 1. The van der Waals surface area contributed by atoms with Gasteiger partial charge in [-0.2, -0.15) is 5.10 Å². The average Bonchev–Trinajstić information content (AvgIpc) is 2.65. The van der Waals surface area contributed by atoms with Crippen molar-refractivity contribution < 1.29 is 9.53 Å². The number of anilines is 1. The molecule has 0 fully saturated rings. The fraction of sp³-hybridized carbons (Fsp3) is 0.444. The molecule has 1 aromatic heterocycles. The number of aromatic nitrogens is 2. The number of hydrogen-bond acceptors (Lipinski definition) is 4. The van der Waals surface area contributed by atoms with Crippen molar-refractivity contribution in [3.05, 3.63) is 11.8 Å². The van der Waals surface area contributed by atoms with Gasteiger partial charge in [0.1, 0.15) is 0 Å². The zero-order valence-electron chi connectivity index (χ0n) is 9.16. The van der Waals surface area contributed by atoms with Crippen LogP contribution in [0.1, 0.15) is 19.4 Å². The van der Waals surface area contributed by atoms with Crippen LogP contribution in [0.3, 0.4) is 0 Å². The topological polar surface area (TPSA) is 79.0 Å². The minimum atomic E-state index is -0.575. The monoisotopic (exact) mass is 242 g/mol. The van der Waals surface area contributed by atoms with Crippen molar-refractivity contribution in [1.29, 1.82) is 0 Å². The van der Waals surface area contributed by atoms with Gasteiger partial charge in [0.25, 0.3) is 0 Å². The number of nitrogens with zero attached hydrogens (tertiary/aromatic N) is 1. The third kappa shape index (κ3) is 3.50. The smallest absolute Gasteiger partial charge is 0.413 e. The van der Waals surface area contributed by atoms with Crippen LogP contribution in [-0.2, 0) is 11.2 Å². The second kappa shape index (κ2) is 6.06. The van der Waals surface area contributed by atoms with Gasteiger partial charge in [0, 0.05) is 11.8 Å². The number of aromatic amines is 1. The largest absolute Gasteiger partial charge is 0.450 e. The molecule has 6 nitrogen and oxygen atoms in total. The number of amides is 1. The van der Waals surface area contributed by atoms with Gasteiger partial charge in [-0.1, -0.05) is 6.92 Å². The standard InChI is InChI=1S/C9H14N4O2S/c1-3-6-5-10-13-7(6)11-8(16)12-9(14)15-4-2/h5H,3-4H2,1-2H3,(H3,10,11,12,13,14,16). The molecular weight excluding hydrogens is 228 g/mol. The number of rotatable bonds is 3. The Morgan fingerprint density at radius 3 is 3.00 bits per heavy atom. The minimum Gasteiger partial charge on any atom is -0.450 e. The number of carbonyl (C=O) groups is 1. The van der Waals surface area contributed by atoms with Crippen molar-refractivity contribution in [2.45, 2.75) is 20.3 Å². The van der Waals surface area contributed by atoms with Crippen LogP contribution >= 0.6 is 12.2 Å². The molecule has 0 aliphatic carbocycles. The molecule has 7 heteroatoms. The van der Waals surface area contributed by atoms with E-state index in [1.54, 1.807) is 13.1 Å². The van der Waals surface area contributed by atoms with Gasteiger partial charge in [0.05, 0.1) is 6.61 Å². The molecule has 1 heterocycles. The quantitative estimate of drug-likeness (QED) is 0.698. The molecule has 1 rings (SSSR count). The number of thiocarbonyl (C=S) groups is 1. The summed E-state index contributed by atoms with van der Waals surface area (Å²) in [6.45, 7) is 4.02. The first kappa shape index (κ1) is 12.4. The van der Waals surface area contributed by atoms with Crippen LogP contribution in [0, 0.1) is 0 Å². The molecule has 1 aromatic rings. The van der Waals surface area contributed by atoms with Gasteiger partial charge in [-0.3, -0.25) is 10.4 Å². The number of ether oxygens (including phenoxy) is 1. The number of hydrogen-bond donors (Lipinski definition) is 3. The van der Waals surface area contributed by atoms with Crippen LogP contribution in [-0.4, -0.2) is 28.0 Å². The van der Waals surface area contributed by atoms with E-state index < -0.39 is 6.09 Å². The maximum Gasteiger partial charge on any atom is 0.413 e. The normalized spacial score (nSPS) is 9.62. The van der Waals surface area contributed by atoms with E-state index in [4.69, 9.17) is 12.2 Å². The molecule has 0 unspecified atom stereocenters. The molecule has 0 aromatic carbocycles. The highest BCUT2D eigenvalue weighted by Crippen LogP contribution is 2.10. The molecule has 1 amide bonds. The molecule has 0 saturated carbocycles. The van der Waals surface area contributed by atoms with Gasteiger partial charge in [-0.05, 0) is 25.6 Å². The Labute approximate surface area is 98.8 Å². The van der Waals surface area contributed by atoms with Crippen molar-refractivity contribution >= 4 is 29.2 Å². The van der Waals surface area contributed by atoms with Gasteiger partial charge < -0.3 is 10.1 Å². The van der Waals surface area contributed by atoms with E-state index in [9.17, 15) is 4.79 Å². The van der Waals surface area contributed by atoms with Gasteiger partial charge in [-0.15, -0.1) is 0 Å². The van der Waals surface area contributed by atoms with Crippen molar-refractivity contribution in [2.75, 3.05) is 11.9 Å². The summed E-state index contributed by atoms with van der Waals surface area (Å²) in [7, 11) is 0.